The first-order valence-electron chi connectivity index (χ1n) is 12.6. The Labute approximate surface area is 234 Å². The van der Waals surface area contributed by atoms with Gasteiger partial charge in [0, 0.05) is 24.0 Å². The number of halogens is 2. The summed E-state index contributed by atoms with van der Waals surface area (Å²) in [4.78, 5) is 29.0. The maximum Gasteiger partial charge on any atom is 0.244 e. The molecule has 1 N–H and O–H groups in total. The van der Waals surface area contributed by atoms with Crippen molar-refractivity contribution in [2.75, 3.05) is 17.1 Å². The zero-order valence-corrected chi connectivity index (χ0v) is 23.8. The Hall–Kier alpha value is -3.43. The van der Waals surface area contributed by atoms with Crippen LogP contribution in [0.4, 0.5) is 10.1 Å². The minimum Gasteiger partial charge on any atom is -0.352 e. The van der Waals surface area contributed by atoms with Gasteiger partial charge in [0.05, 0.1) is 11.9 Å². The van der Waals surface area contributed by atoms with Crippen molar-refractivity contribution in [1.29, 1.82) is 0 Å². The average molecular weight is 574 g/mol. The Balaban J connectivity index is 2.06. The summed E-state index contributed by atoms with van der Waals surface area (Å²) in [5.41, 5.74) is 1.57. The van der Waals surface area contributed by atoms with Crippen molar-refractivity contribution in [1.82, 2.24) is 10.2 Å². The minimum atomic E-state index is -3.93. The highest BCUT2D eigenvalue weighted by molar-refractivity contribution is 7.92. The molecule has 0 radical (unpaired) electrons. The van der Waals surface area contributed by atoms with Gasteiger partial charge in [0.25, 0.3) is 0 Å². The first-order valence-corrected chi connectivity index (χ1v) is 14.8. The number of rotatable bonds is 12. The van der Waals surface area contributed by atoms with Crippen molar-refractivity contribution in [3.63, 3.8) is 0 Å². The lowest BCUT2D eigenvalue weighted by Gasteiger charge is -2.34. The van der Waals surface area contributed by atoms with Gasteiger partial charge in [-0.3, -0.25) is 13.9 Å². The number of carbonyl (C=O) groups excluding carboxylic acids is 2. The standard InChI is InChI=1S/C29H33ClFN3O4S/c1-4-21(2)32-29(36)27(18-22-10-6-5-7-11-22)33(19-23-12-8-9-13-26(23)30)28(35)20-34(39(3,37)38)25-16-14-24(31)15-17-25/h5-17,21,27H,4,18-20H2,1-3H3,(H,32,36). The Morgan fingerprint density at radius 3 is 2.18 bits per heavy atom. The van der Waals surface area contributed by atoms with Crippen LogP contribution >= 0.6 is 11.6 Å². The largest absolute Gasteiger partial charge is 0.352 e. The summed E-state index contributed by atoms with van der Waals surface area (Å²) >= 11 is 6.43. The van der Waals surface area contributed by atoms with Crippen LogP contribution in [0.3, 0.4) is 0 Å². The highest BCUT2D eigenvalue weighted by Gasteiger charge is 2.33. The monoisotopic (exact) mass is 573 g/mol. The smallest absolute Gasteiger partial charge is 0.244 e. The SMILES string of the molecule is CCC(C)NC(=O)C(Cc1ccccc1)N(Cc1ccccc1Cl)C(=O)CN(c1ccc(F)cc1)S(C)(=O)=O. The van der Waals surface area contributed by atoms with Gasteiger partial charge >= 0.3 is 0 Å². The van der Waals surface area contributed by atoms with Crippen molar-refractivity contribution >= 4 is 39.1 Å². The molecular formula is C29H33ClFN3O4S. The highest BCUT2D eigenvalue weighted by atomic mass is 35.5. The fourth-order valence-electron chi connectivity index (χ4n) is 4.03. The van der Waals surface area contributed by atoms with Gasteiger partial charge in [0.15, 0.2) is 0 Å². The van der Waals surface area contributed by atoms with E-state index in [2.05, 4.69) is 5.32 Å². The van der Waals surface area contributed by atoms with Crippen LogP contribution in [0.5, 0.6) is 0 Å². The molecule has 10 heteroatoms. The number of anilines is 1. The molecular weight excluding hydrogens is 541 g/mol. The quantitative estimate of drug-likeness (QED) is 0.337. The second kappa shape index (κ2) is 13.6. The Bertz CT molecular complexity index is 1370. The normalized spacial score (nSPS) is 12.8. The van der Waals surface area contributed by atoms with E-state index in [9.17, 15) is 22.4 Å². The highest BCUT2D eigenvalue weighted by Crippen LogP contribution is 2.23. The molecule has 2 amide bonds. The minimum absolute atomic E-state index is 0.0229. The number of nitrogens with one attached hydrogen (secondary N) is 1. The molecule has 7 nitrogen and oxygen atoms in total. The molecule has 2 unspecified atom stereocenters. The average Bonchev–Trinajstić information content (AvgIpc) is 2.90. The van der Waals surface area contributed by atoms with E-state index in [-0.39, 0.29) is 30.6 Å². The van der Waals surface area contributed by atoms with E-state index >= 15 is 0 Å². The fourth-order valence-corrected chi connectivity index (χ4v) is 5.07. The maximum atomic E-state index is 14.0. The number of benzene rings is 3. The Morgan fingerprint density at radius 1 is 0.974 bits per heavy atom. The number of nitrogens with zero attached hydrogens (tertiary/aromatic N) is 2. The van der Waals surface area contributed by atoms with Crippen molar-refractivity contribution in [3.8, 4) is 0 Å². The predicted molar refractivity (Wildman–Crippen MR) is 152 cm³/mol. The van der Waals surface area contributed by atoms with Crippen molar-refractivity contribution < 1.29 is 22.4 Å². The summed E-state index contributed by atoms with van der Waals surface area (Å²) < 4.78 is 39.9. The third kappa shape index (κ3) is 8.53. The van der Waals surface area contributed by atoms with Gasteiger partial charge in [0.2, 0.25) is 21.8 Å². The molecule has 0 aliphatic rings. The van der Waals surface area contributed by atoms with Crippen molar-refractivity contribution in [3.05, 3.63) is 101 Å². The number of hydrogen-bond acceptors (Lipinski definition) is 4. The summed E-state index contributed by atoms with van der Waals surface area (Å²) in [6, 6.07) is 20.0. The summed E-state index contributed by atoms with van der Waals surface area (Å²) in [5.74, 6) is -1.50. The molecule has 3 aromatic carbocycles. The molecule has 0 fully saturated rings. The molecule has 0 aliphatic carbocycles. The molecule has 3 aromatic rings. The molecule has 0 bridgehead atoms. The zero-order chi connectivity index (χ0) is 28.6. The van der Waals surface area contributed by atoms with E-state index in [0.29, 0.717) is 17.0 Å². The lowest BCUT2D eigenvalue weighted by molar-refractivity contribution is -0.140. The predicted octanol–water partition coefficient (Wildman–Crippen LogP) is 4.80. The van der Waals surface area contributed by atoms with Crippen LogP contribution in [-0.2, 0) is 32.6 Å². The van der Waals surface area contributed by atoms with Crippen LogP contribution in [-0.4, -0.2) is 50.0 Å². The number of hydrogen-bond donors (Lipinski definition) is 1. The van der Waals surface area contributed by atoms with Crippen molar-refractivity contribution in [2.24, 2.45) is 0 Å². The second-order valence-electron chi connectivity index (χ2n) is 9.38. The number of carbonyl (C=O) groups is 2. The van der Waals surface area contributed by atoms with E-state index in [0.717, 1.165) is 28.3 Å². The lowest BCUT2D eigenvalue weighted by Crippen LogP contribution is -2.54. The van der Waals surface area contributed by atoms with Gasteiger partial charge < -0.3 is 10.2 Å². The van der Waals surface area contributed by atoms with E-state index in [1.807, 2.05) is 44.2 Å². The van der Waals surface area contributed by atoms with Crippen LogP contribution in [0.15, 0.2) is 78.9 Å². The molecule has 3 rings (SSSR count). The third-order valence-corrected chi connectivity index (χ3v) is 7.87. The summed E-state index contributed by atoms with van der Waals surface area (Å²) in [5, 5.41) is 3.38. The first kappa shape index (κ1) is 30.1. The van der Waals surface area contributed by atoms with Crippen LogP contribution in [0, 0.1) is 5.82 Å². The fraction of sp³-hybridized carbons (Fsp3) is 0.310. The number of sulfonamides is 1. The van der Waals surface area contributed by atoms with E-state index in [1.165, 1.54) is 17.0 Å². The van der Waals surface area contributed by atoms with Gasteiger partial charge in [-0.15, -0.1) is 0 Å². The molecule has 208 valence electrons. The van der Waals surface area contributed by atoms with Gasteiger partial charge in [-0.1, -0.05) is 67.1 Å². The van der Waals surface area contributed by atoms with Crippen LogP contribution in [0.25, 0.3) is 0 Å². The number of amides is 2. The Morgan fingerprint density at radius 2 is 1.59 bits per heavy atom. The lowest BCUT2D eigenvalue weighted by atomic mass is 10.0. The van der Waals surface area contributed by atoms with Crippen LogP contribution in [0.1, 0.15) is 31.4 Å². The summed E-state index contributed by atoms with van der Waals surface area (Å²) in [7, 11) is -3.93. The summed E-state index contributed by atoms with van der Waals surface area (Å²) in [6.07, 6.45) is 1.86. The van der Waals surface area contributed by atoms with Crippen LogP contribution < -0.4 is 9.62 Å². The first-order chi connectivity index (χ1) is 18.5. The summed E-state index contributed by atoms with van der Waals surface area (Å²) in [6.45, 7) is 3.20. The zero-order valence-electron chi connectivity index (χ0n) is 22.2. The maximum absolute atomic E-state index is 14.0. The van der Waals surface area contributed by atoms with E-state index < -0.39 is 34.3 Å². The third-order valence-electron chi connectivity index (χ3n) is 6.36. The van der Waals surface area contributed by atoms with Gasteiger partial charge in [-0.2, -0.15) is 0 Å². The van der Waals surface area contributed by atoms with E-state index in [1.54, 1.807) is 24.3 Å². The van der Waals surface area contributed by atoms with Crippen LogP contribution in [0.2, 0.25) is 5.02 Å². The van der Waals surface area contributed by atoms with Gasteiger partial charge in [0.1, 0.15) is 18.4 Å². The Kier molecular flexibility index (Phi) is 10.5. The van der Waals surface area contributed by atoms with Gasteiger partial charge in [-0.05, 0) is 54.8 Å². The van der Waals surface area contributed by atoms with Gasteiger partial charge in [-0.25, -0.2) is 12.8 Å². The second-order valence-corrected chi connectivity index (χ2v) is 11.7. The molecule has 39 heavy (non-hydrogen) atoms. The molecule has 2 atom stereocenters. The molecule has 0 saturated carbocycles. The molecule has 0 saturated heterocycles. The molecule has 0 aromatic heterocycles. The molecule has 0 heterocycles. The molecule has 0 spiro atoms. The topological polar surface area (TPSA) is 86.8 Å². The van der Waals surface area contributed by atoms with E-state index in [4.69, 9.17) is 11.6 Å². The van der Waals surface area contributed by atoms with Crippen molar-refractivity contribution in [2.45, 2.75) is 45.3 Å². The molecule has 0 aliphatic heterocycles.